The van der Waals surface area contributed by atoms with Crippen LogP contribution in [0.3, 0.4) is 0 Å². The molecule has 3 rings (SSSR count). The van der Waals surface area contributed by atoms with E-state index < -0.39 is 32.9 Å². The van der Waals surface area contributed by atoms with Gasteiger partial charge in [-0.05, 0) is 37.1 Å². The molecule has 1 heterocycles. The summed E-state index contributed by atoms with van der Waals surface area (Å²) in [6.07, 6.45) is -6.27. The number of halogens is 3. The third-order valence-corrected chi connectivity index (χ3v) is 7.50. The fourth-order valence-electron chi connectivity index (χ4n) is 4.06. The van der Waals surface area contributed by atoms with Gasteiger partial charge in [-0.3, -0.25) is 0 Å². The maximum absolute atomic E-state index is 13.5. The largest absolute Gasteiger partial charge is 0.391 e. The van der Waals surface area contributed by atoms with E-state index in [-0.39, 0.29) is 5.56 Å². The van der Waals surface area contributed by atoms with E-state index in [2.05, 4.69) is 0 Å². The van der Waals surface area contributed by atoms with Crippen LogP contribution in [0.15, 0.2) is 48.5 Å². The number of alkyl halides is 3. The molecule has 2 N–H and O–H groups in total. The van der Waals surface area contributed by atoms with Gasteiger partial charge in [0.1, 0.15) is 4.75 Å². The zero-order chi connectivity index (χ0) is 20.3. The zero-order valence-electron chi connectivity index (χ0n) is 15.2. The van der Waals surface area contributed by atoms with Crippen molar-refractivity contribution in [1.82, 2.24) is 0 Å². The summed E-state index contributed by atoms with van der Waals surface area (Å²) in [5, 5.41) is 5.47. The third kappa shape index (κ3) is 2.91. The molecule has 2 aromatic carbocycles. The van der Waals surface area contributed by atoms with Crippen LogP contribution in [0.1, 0.15) is 25.8 Å². The summed E-state index contributed by atoms with van der Waals surface area (Å²) >= 11 is 0. The monoisotopic (exact) mass is 398 g/mol. The van der Waals surface area contributed by atoms with Crippen LogP contribution in [0.2, 0.25) is 0 Å². The Morgan fingerprint density at radius 2 is 1.63 bits per heavy atom. The number of nitrogens with zero attached hydrogens (tertiary/aromatic N) is 1. The van der Waals surface area contributed by atoms with Gasteiger partial charge in [-0.15, -0.1) is 0 Å². The minimum absolute atomic E-state index is 0.0798. The van der Waals surface area contributed by atoms with Gasteiger partial charge in [-0.2, -0.15) is 13.2 Å². The number of anilines is 1. The number of primary sulfonamides is 1. The van der Waals surface area contributed by atoms with Crippen molar-refractivity contribution in [3.05, 3.63) is 54.1 Å². The van der Waals surface area contributed by atoms with Crippen molar-refractivity contribution in [2.75, 3.05) is 11.9 Å². The lowest BCUT2D eigenvalue weighted by atomic mass is 9.80. The Bertz CT molecular complexity index is 972. The molecule has 27 heavy (non-hydrogen) atoms. The molecule has 146 valence electrons. The Morgan fingerprint density at radius 3 is 2.15 bits per heavy atom. The molecule has 4 nitrogen and oxygen atoms in total. The van der Waals surface area contributed by atoms with Crippen LogP contribution in [0, 0.1) is 0 Å². The van der Waals surface area contributed by atoms with Gasteiger partial charge in [-0.25, -0.2) is 13.6 Å². The van der Waals surface area contributed by atoms with Crippen molar-refractivity contribution in [1.29, 1.82) is 0 Å². The predicted octanol–water partition coefficient (Wildman–Crippen LogP) is 4.02. The van der Waals surface area contributed by atoms with Crippen molar-refractivity contribution in [2.24, 2.45) is 5.14 Å². The van der Waals surface area contributed by atoms with Crippen molar-refractivity contribution < 1.29 is 21.6 Å². The zero-order valence-corrected chi connectivity index (χ0v) is 16.0. The minimum Gasteiger partial charge on any atom is -0.367 e. The summed E-state index contributed by atoms with van der Waals surface area (Å²) in [5.74, 6) is 0. The number of sulfonamides is 1. The molecule has 0 radical (unpaired) electrons. The van der Waals surface area contributed by atoms with Crippen LogP contribution >= 0.6 is 0 Å². The van der Waals surface area contributed by atoms with Crippen molar-refractivity contribution in [3.8, 4) is 11.1 Å². The van der Waals surface area contributed by atoms with E-state index in [4.69, 9.17) is 5.14 Å². The Morgan fingerprint density at radius 1 is 1.04 bits per heavy atom. The average Bonchev–Trinajstić information content (AvgIpc) is 2.72. The molecule has 1 aliphatic heterocycles. The van der Waals surface area contributed by atoms with Gasteiger partial charge in [0, 0.05) is 18.3 Å². The van der Waals surface area contributed by atoms with Gasteiger partial charge in [-0.1, -0.05) is 36.4 Å². The van der Waals surface area contributed by atoms with Crippen LogP contribution in [0.5, 0.6) is 0 Å². The Kier molecular flexibility index (Phi) is 4.35. The van der Waals surface area contributed by atoms with Crippen molar-refractivity contribution in [3.63, 3.8) is 0 Å². The van der Waals surface area contributed by atoms with Crippen LogP contribution in [-0.4, -0.2) is 27.2 Å². The van der Waals surface area contributed by atoms with E-state index in [0.717, 1.165) is 5.56 Å². The molecule has 0 amide bonds. The molecule has 0 spiro atoms. The highest BCUT2D eigenvalue weighted by molar-refractivity contribution is 7.90. The molecule has 0 fully saturated rings. The molecule has 0 bridgehead atoms. The van der Waals surface area contributed by atoms with Crippen LogP contribution < -0.4 is 10.0 Å². The summed E-state index contributed by atoms with van der Waals surface area (Å²) in [7, 11) is -3.02. The van der Waals surface area contributed by atoms with Crippen molar-refractivity contribution in [2.45, 2.75) is 36.7 Å². The quantitative estimate of drug-likeness (QED) is 0.849. The molecule has 1 atom stereocenters. The molecular weight excluding hydrogens is 377 g/mol. The lowest BCUT2D eigenvalue weighted by Gasteiger charge is -2.43. The molecule has 2 aromatic rings. The van der Waals surface area contributed by atoms with E-state index in [1.807, 2.05) is 18.2 Å². The van der Waals surface area contributed by atoms with Gasteiger partial charge in [0.25, 0.3) is 0 Å². The SMILES string of the molecule is CN1c2ccc(-c3ccccc3)cc2C(CC(F)(F)F)(S(N)(=O)=O)C1(C)C. The van der Waals surface area contributed by atoms with E-state index in [1.165, 1.54) is 19.9 Å². The second-order valence-electron chi connectivity index (χ2n) is 7.38. The normalized spacial score (nSPS) is 22.0. The van der Waals surface area contributed by atoms with E-state index >= 15 is 0 Å². The first-order chi connectivity index (χ1) is 12.3. The van der Waals surface area contributed by atoms with Gasteiger partial charge < -0.3 is 4.90 Å². The molecule has 1 unspecified atom stereocenters. The van der Waals surface area contributed by atoms with Gasteiger partial charge >= 0.3 is 6.18 Å². The van der Waals surface area contributed by atoms with Gasteiger partial charge in [0.15, 0.2) is 0 Å². The van der Waals surface area contributed by atoms with Crippen LogP contribution in [0.4, 0.5) is 18.9 Å². The number of fused-ring (bicyclic) bond motifs is 1. The molecule has 0 aromatic heterocycles. The predicted molar refractivity (Wildman–Crippen MR) is 99.8 cm³/mol. The average molecular weight is 398 g/mol. The Labute approximate surface area is 156 Å². The Balaban J connectivity index is 2.35. The maximum atomic E-state index is 13.5. The molecule has 0 aliphatic carbocycles. The Hall–Kier alpha value is -2.06. The summed E-state index contributed by atoms with van der Waals surface area (Å²) in [6.45, 7) is 2.96. The summed E-state index contributed by atoms with van der Waals surface area (Å²) in [4.78, 5) is 1.56. The molecular formula is C19H21F3N2O2S. The first kappa shape index (κ1) is 19.7. The fraction of sp³-hybridized carbons (Fsp3) is 0.368. The summed E-state index contributed by atoms with van der Waals surface area (Å²) < 4.78 is 63.6. The first-order valence-electron chi connectivity index (χ1n) is 8.34. The summed E-state index contributed by atoms with van der Waals surface area (Å²) in [5.41, 5.74) is 0.529. The second kappa shape index (κ2) is 5.97. The maximum Gasteiger partial charge on any atom is 0.391 e. The first-order valence-corrected chi connectivity index (χ1v) is 9.89. The molecule has 8 heteroatoms. The lowest BCUT2D eigenvalue weighted by Crippen LogP contribution is -2.60. The third-order valence-electron chi connectivity index (χ3n) is 5.66. The number of rotatable bonds is 3. The molecule has 0 saturated carbocycles. The van der Waals surface area contributed by atoms with Gasteiger partial charge in [0.05, 0.1) is 12.0 Å². The second-order valence-corrected chi connectivity index (χ2v) is 9.17. The topological polar surface area (TPSA) is 63.4 Å². The van der Waals surface area contributed by atoms with Crippen molar-refractivity contribution >= 4 is 15.7 Å². The van der Waals surface area contributed by atoms with E-state index in [0.29, 0.717) is 11.3 Å². The highest BCUT2D eigenvalue weighted by Gasteiger charge is 2.66. The molecule has 0 saturated heterocycles. The number of likely N-dealkylation sites (N-methyl/N-ethyl adjacent to an activating group) is 1. The highest BCUT2D eigenvalue weighted by Crippen LogP contribution is 2.58. The van der Waals surface area contributed by atoms with Crippen LogP contribution in [-0.2, 0) is 14.8 Å². The smallest absolute Gasteiger partial charge is 0.367 e. The summed E-state index contributed by atoms with van der Waals surface area (Å²) in [6, 6.07) is 14.0. The number of hydrogen-bond donors (Lipinski definition) is 1. The van der Waals surface area contributed by atoms with E-state index in [9.17, 15) is 21.6 Å². The highest BCUT2D eigenvalue weighted by atomic mass is 32.2. The standard InChI is InChI=1S/C19H21F3N2O2S/c1-17(2)18(27(23,25)26,12-19(20,21)22)15-11-14(9-10-16(15)24(17)3)13-7-5-4-6-8-13/h4-11H,12H2,1-3H3,(H2,23,25,26). The van der Waals surface area contributed by atoms with Crippen LogP contribution in [0.25, 0.3) is 11.1 Å². The van der Waals surface area contributed by atoms with E-state index in [1.54, 1.807) is 36.2 Å². The number of hydrogen-bond acceptors (Lipinski definition) is 3. The fourth-order valence-corrected chi connectivity index (χ4v) is 5.73. The minimum atomic E-state index is -4.71. The lowest BCUT2D eigenvalue weighted by molar-refractivity contribution is -0.145. The number of nitrogens with two attached hydrogens (primary N) is 1. The number of benzene rings is 2. The van der Waals surface area contributed by atoms with Gasteiger partial charge in [0.2, 0.25) is 10.0 Å². The molecule has 1 aliphatic rings.